The topological polar surface area (TPSA) is 102 Å². The van der Waals surface area contributed by atoms with Crippen molar-refractivity contribution in [3.63, 3.8) is 0 Å². The van der Waals surface area contributed by atoms with Crippen LogP contribution in [0.1, 0.15) is 56.8 Å². The van der Waals surface area contributed by atoms with Gasteiger partial charge in [-0.25, -0.2) is 4.79 Å². The lowest BCUT2D eigenvalue weighted by atomic mass is 10.00. The smallest absolute Gasteiger partial charge is 0.339 e. The van der Waals surface area contributed by atoms with E-state index in [1.807, 2.05) is 42.2 Å². The standard InChI is InChI=1S/C23H33N5O4/c1-4-13-27(16-19(29)25-28-21(31)23(3,5-2)24-22(28)32)18-11-14-26(15-12-18)20(30)17-9-7-6-8-10-17/h6-10,18H,4-5,11-16H2,1-3H3,(H,24,32)(H,25,29). The third kappa shape index (κ3) is 5.09. The number of nitrogens with one attached hydrogen (secondary N) is 2. The van der Waals surface area contributed by atoms with Crippen LogP contribution in [-0.4, -0.2) is 76.3 Å². The monoisotopic (exact) mass is 443 g/mol. The van der Waals surface area contributed by atoms with Crippen molar-refractivity contribution in [2.45, 2.75) is 58.0 Å². The fourth-order valence-electron chi connectivity index (χ4n) is 4.25. The predicted octanol–water partition coefficient (Wildman–Crippen LogP) is 1.75. The van der Waals surface area contributed by atoms with Crippen molar-refractivity contribution in [2.75, 3.05) is 26.2 Å². The molecule has 9 nitrogen and oxygen atoms in total. The summed E-state index contributed by atoms with van der Waals surface area (Å²) in [5.41, 5.74) is 2.16. The highest BCUT2D eigenvalue weighted by Gasteiger charge is 2.47. The lowest BCUT2D eigenvalue weighted by molar-refractivity contribution is -0.139. The predicted molar refractivity (Wildman–Crippen MR) is 119 cm³/mol. The van der Waals surface area contributed by atoms with Gasteiger partial charge in [0.15, 0.2) is 0 Å². The van der Waals surface area contributed by atoms with Crippen LogP contribution in [0.15, 0.2) is 30.3 Å². The molecule has 1 aromatic carbocycles. The lowest BCUT2D eigenvalue weighted by Crippen LogP contribution is -2.53. The Morgan fingerprint density at radius 2 is 1.81 bits per heavy atom. The number of urea groups is 1. The highest BCUT2D eigenvalue weighted by Crippen LogP contribution is 2.21. The molecular formula is C23H33N5O4. The van der Waals surface area contributed by atoms with Crippen molar-refractivity contribution in [3.8, 4) is 0 Å². The van der Waals surface area contributed by atoms with Crippen LogP contribution in [0.4, 0.5) is 4.79 Å². The summed E-state index contributed by atoms with van der Waals surface area (Å²) < 4.78 is 0. The third-order valence-corrected chi connectivity index (χ3v) is 6.35. The van der Waals surface area contributed by atoms with Gasteiger partial charge in [-0.2, -0.15) is 5.01 Å². The maximum absolute atomic E-state index is 12.7. The second kappa shape index (κ2) is 10.1. The molecule has 0 spiro atoms. The van der Waals surface area contributed by atoms with Crippen molar-refractivity contribution in [3.05, 3.63) is 35.9 Å². The molecule has 2 saturated heterocycles. The Bertz CT molecular complexity index is 853. The first-order chi connectivity index (χ1) is 15.3. The van der Waals surface area contributed by atoms with E-state index in [0.717, 1.165) is 30.8 Å². The molecule has 0 aromatic heterocycles. The van der Waals surface area contributed by atoms with Crippen LogP contribution in [0.25, 0.3) is 0 Å². The molecule has 32 heavy (non-hydrogen) atoms. The summed E-state index contributed by atoms with van der Waals surface area (Å²) in [6, 6.07) is 8.79. The Morgan fingerprint density at radius 3 is 2.38 bits per heavy atom. The third-order valence-electron chi connectivity index (χ3n) is 6.35. The number of hydrazine groups is 1. The SMILES string of the molecule is CCCN(CC(=O)NN1C(=O)NC(C)(CC)C1=O)C1CCN(C(=O)c2ccccc2)CC1. The number of amides is 5. The molecule has 174 valence electrons. The quantitative estimate of drug-likeness (QED) is 0.596. The highest BCUT2D eigenvalue weighted by molar-refractivity contribution is 6.07. The molecule has 0 aliphatic carbocycles. The number of hydrogen-bond donors (Lipinski definition) is 2. The number of imide groups is 1. The Kier molecular flexibility index (Phi) is 7.50. The zero-order valence-electron chi connectivity index (χ0n) is 19.1. The van der Waals surface area contributed by atoms with E-state index in [-0.39, 0.29) is 18.5 Å². The van der Waals surface area contributed by atoms with Gasteiger partial charge in [-0.05, 0) is 51.3 Å². The number of likely N-dealkylation sites (tertiary alicyclic amines) is 1. The number of hydrogen-bond acceptors (Lipinski definition) is 5. The zero-order valence-corrected chi connectivity index (χ0v) is 19.1. The van der Waals surface area contributed by atoms with E-state index in [1.54, 1.807) is 13.8 Å². The number of nitrogens with zero attached hydrogens (tertiary/aromatic N) is 3. The summed E-state index contributed by atoms with van der Waals surface area (Å²) in [5, 5.41) is 3.42. The zero-order chi connectivity index (χ0) is 23.3. The molecule has 3 rings (SSSR count). The molecule has 9 heteroatoms. The van der Waals surface area contributed by atoms with Crippen LogP contribution in [0.3, 0.4) is 0 Å². The minimum Gasteiger partial charge on any atom is -0.339 e. The van der Waals surface area contributed by atoms with Crippen LogP contribution in [-0.2, 0) is 9.59 Å². The second-order valence-corrected chi connectivity index (χ2v) is 8.65. The van der Waals surface area contributed by atoms with Gasteiger partial charge in [-0.15, -0.1) is 0 Å². The maximum Gasteiger partial charge on any atom is 0.344 e. The average Bonchev–Trinajstić information content (AvgIpc) is 3.02. The summed E-state index contributed by atoms with van der Waals surface area (Å²) in [6.45, 7) is 7.56. The number of carbonyl (C=O) groups is 4. The van der Waals surface area contributed by atoms with Crippen LogP contribution >= 0.6 is 0 Å². The normalized spacial score (nSPS) is 21.8. The number of rotatable bonds is 8. The molecule has 2 aliphatic rings. The van der Waals surface area contributed by atoms with Crippen molar-refractivity contribution in [1.29, 1.82) is 0 Å². The fraction of sp³-hybridized carbons (Fsp3) is 0.565. The molecule has 1 atom stereocenters. The summed E-state index contributed by atoms with van der Waals surface area (Å²) in [7, 11) is 0. The van der Waals surface area contributed by atoms with Crippen LogP contribution in [0, 0.1) is 0 Å². The van der Waals surface area contributed by atoms with Crippen molar-refractivity contribution in [2.24, 2.45) is 0 Å². The second-order valence-electron chi connectivity index (χ2n) is 8.65. The Balaban J connectivity index is 1.56. The van der Waals surface area contributed by atoms with Gasteiger partial charge in [0.25, 0.3) is 17.7 Å². The number of piperidine rings is 1. The maximum atomic E-state index is 12.7. The molecule has 1 aromatic rings. The molecule has 5 amide bonds. The van der Waals surface area contributed by atoms with Gasteiger partial charge in [-0.3, -0.25) is 24.7 Å². The fourth-order valence-corrected chi connectivity index (χ4v) is 4.25. The highest BCUT2D eigenvalue weighted by atomic mass is 16.2. The first-order valence-corrected chi connectivity index (χ1v) is 11.3. The van der Waals surface area contributed by atoms with Gasteiger partial charge in [0.2, 0.25) is 0 Å². The van der Waals surface area contributed by atoms with Gasteiger partial charge in [0, 0.05) is 24.7 Å². The Labute approximate surface area is 189 Å². The van der Waals surface area contributed by atoms with Crippen molar-refractivity contribution >= 4 is 23.8 Å². The van der Waals surface area contributed by atoms with E-state index < -0.39 is 23.4 Å². The van der Waals surface area contributed by atoms with E-state index in [2.05, 4.69) is 15.6 Å². The van der Waals surface area contributed by atoms with Gasteiger partial charge in [-0.1, -0.05) is 32.0 Å². The van der Waals surface area contributed by atoms with Crippen LogP contribution in [0.5, 0.6) is 0 Å². The first kappa shape index (κ1) is 23.7. The van der Waals surface area contributed by atoms with Gasteiger partial charge in [0.05, 0.1) is 6.54 Å². The Morgan fingerprint density at radius 1 is 1.16 bits per heavy atom. The molecule has 2 heterocycles. The molecule has 2 N–H and O–H groups in total. The van der Waals surface area contributed by atoms with Crippen LogP contribution in [0.2, 0.25) is 0 Å². The van der Waals surface area contributed by atoms with E-state index in [0.29, 0.717) is 25.1 Å². The van der Waals surface area contributed by atoms with Gasteiger partial charge in [0.1, 0.15) is 5.54 Å². The van der Waals surface area contributed by atoms with Gasteiger partial charge < -0.3 is 10.2 Å². The van der Waals surface area contributed by atoms with Crippen molar-refractivity contribution in [1.82, 2.24) is 25.6 Å². The molecule has 2 fully saturated rings. The molecule has 0 bridgehead atoms. The Hall–Kier alpha value is -2.94. The van der Waals surface area contributed by atoms with Gasteiger partial charge >= 0.3 is 6.03 Å². The summed E-state index contributed by atoms with van der Waals surface area (Å²) >= 11 is 0. The first-order valence-electron chi connectivity index (χ1n) is 11.3. The number of carbonyl (C=O) groups excluding carboxylic acids is 4. The van der Waals surface area contributed by atoms with E-state index in [9.17, 15) is 19.2 Å². The van der Waals surface area contributed by atoms with E-state index in [4.69, 9.17) is 0 Å². The minimum absolute atomic E-state index is 0.0290. The summed E-state index contributed by atoms with van der Waals surface area (Å²) in [6.07, 6.45) is 2.84. The molecular weight excluding hydrogens is 410 g/mol. The number of benzene rings is 1. The van der Waals surface area contributed by atoms with Crippen molar-refractivity contribution < 1.29 is 19.2 Å². The molecule has 1 unspecified atom stereocenters. The van der Waals surface area contributed by atoms with E-state index >= 15 is 0 Å². The van der Waals surface area contributed by atoms with E-state index in [1.165, 1.54) is 0 Å². The largest absolute Gasteiger partial charge is 0.344 e. The minimum atomic E-state index is -0.994. The molecule has 0 saturated carbocycles. The lowest BCUT2D eigenvalue weighted by Gasteiger charge is -2.38. The molecule has 0 radical (unpaired) electrons. The summed E-state index contributed by atoms with van der Waals surface area (Å²) in [5.74, 6) is -0.820. The average molecular weight is 444 g/mol. The molecule has 2 aliphatic heterocycles. The summed E-state index contributed by atoms with van der Waals surface area (Å²) in [4.78, 5) is 54.0. The van der Waals surface area contributed by atoms with Crippen LogP contribution < -0.4 is 10.7 Å².